The third-order valence-electron chi connectivity index (χ3n) is 7.16. The molecule has 0 radical (unpaired) electrons. The minimum absolute atomic E-state index is 0.380. The maximum atomic E-state index is 12.5. The van der Waals surface area contributed by atoms with Gasteiger partial charge < -0.3 is 9.47 Å². The standard InChI is InChI=1S/C35H46N4O4/c1-3-4-5-6-7-8-9-10-11-12-13-14-27-43-33-23-17-29(18-24-33)35(41)39-38-34(40)28-15-19-30(20-16-28)36-37-31-21-25-32(42-2)26-22-31/h15-26H,3-14,27H2,1-2H3,(H,38,40)(H,39,41). The Morgan fingerprint density at radius 2 is 0.953 bits per heavy atom. The highest BCUT2D eigenvalue weighted by molar-refractivity contribution is 5.99. The van der Waals surface area contributed by atoms with Gasteiger partial charge in [0.1, 0.15) is 11.5 Å². The first-order chi connectivity index (χ1) is 21.1. The summed E-state index contributed by atoms with van der Waals surface area (Å²) in [5.74, 6) is 0.626. The molecule has 0 aromatic heterocycles. The van der Waals surface area contributed by atoms with E-state index in [1.165, 1.54) is 70.6 Å². The van der Waals surface area contributed by atoms with Crippen LogP contribution in [0.2, 0.25) is 0 Å². The monoisotopic (exact) mass is 586 g/mol. The van der Waals surface area contributed by atoms with E-state index in [0.29, 0.717) is 29.1 Å². The van der Waals surface area contributed by atoms with Gasteiger partial charge in [-0.15, -0.1) is 0 Å². The van der Waals surface area contributed by atoms with E-state index in [-0.39, 0.29) is 0 Å². The summed E-state index contributed by atoms with van der Waals surface area (Å²) < 4.78 is 11.0. The lowest BCUT2D eigenvalue weighted by Crippen LogP contribution is -2.41. The molecule has 0 aliphatic carbocycles. The molecule has 43 heavy (non-hydrogen) atoms. The van der Waals surface area contributed by atoms with Gasteiger partial charge in [0.15, 0.2) is 0 Å². The van der Waals surface area contributed by atoms with Gasteiger partial charge in [0, 0.05) is 11.1 Å². The van der Waals surface area contributed by atoms with Crippen molar-refractivity contribution in [3.63, 3.8) is 0 Å². The van der Waals surface area contributed by atoms with E-state index in [0.717, 1.165) is 17.9 Å². The molecule has 0 aliphatic heterocycles. The molecule has 8 heteroatoms. The topological polar surface area (TPSA) is 101 Å². The minimum Gasteiger partial charge on any atom is -0.497 e. The van der Waals surface area contributed by atoms with Crippen LogP contribution in [0.5, 0.6) is 11.5 Å². The van der Waals surface area contributed by atoms with E-state index in [2.05, 4.69) is 28.0 Å². The third-order valence-corrected chi connectivity index (χ3v) is 7.16. The second kappa shape index (κ2) is 19.8. The van der Waals surface area contributed by atoms with Gasteiger partial charge in [0.05, 0.1) is 25.1 Å². The van der Waals surface area contributed by atoms with Crippen LogP contribution in [0.1, 0.15) is 105 Å². The van der Waals surface area contributed by atoms with Crippen LogP contribution >= 0.6 is 0 Å². The number of methoxy groups -OCH3 is 1. The smallest absolute Gasteiger partial charge is 0.269 e. The highest BCUT2D eigenvalue weighted by atomic mass is 16.5. The zero-order valence-electron chi connectivity index (χ0n) is 25.6. The predicted octanol–water partition coefficient (Wildman–Crippen LogP) is 9.27. The van der Waals surface area contributed by atoms with E-state index in [1.54, 1.807) is 79.9 Å². The van der Waals surface area contributed by atoms with E-state index < -0.39 is 11.8 Å². The van der Waals surface area contributed by atoms with E-state index in [4.69, 9.17) is 9.47 Å². The number of nitrogens with one attached hydrogen (secondary N) is 2. The molecule has 230 valence electrons. The van der Waals surface area contributed by atoms with Crippen molar-refractivity contribution in [2.45, 2.75) is 84.0 Å². The van der Waals surface area contributed by atoms with Crippen molar-refractivity contribution < 1.29 is 19.1 Å². The number of amides is 2. The highest BCUT2D eigenvalue weighted by Gasteiger charge is 2.10. The maximum absolute atomic E-state index is 12.5. The van der Waals surface area contributed by atoms with Crippen molar-refractivity contribution in [2.24, 2.45) is 10.2 Å². The van der Waals surface area contributed by atoms with Gasteiger partial charge in [0.25, 0.3) is 11.8 Å². The van der Waals surface area contributed by atoms with Crippen molar-refractivity contribution in [3.8, 4) is 11.5 Å². The normalized spacial score (nSPS) is 10.9. The fraction of sp³-hybridized carbons (Fsp3) is 0.429. The summed E-state index contributed by atoms with van der Waals surface area (Å²) in [4.78, 5) is 25.0. The van der Waals surface area contributed by atoms with Crippen molar-refractivity contribution in [2.75, 3.05) is 13.7 Å². The molecule has 0 fully saturated rings. The number of hydrazine groups is 1. The number of nitrogens with zero attached hydrogens (tertiary/aromatic N) is 2. The van der Waals surface area contributed by atoms with Crippen LogP contribution in [-0.2, 0) is 0 Å². The van der Waals surface area contributed by atoms with E-state index >= 15 is 0 Å². The van der Waals surface area contributed by atoms with Gasteiger partial charge in [-0.3, -0.25) is 20.4 Å². The first-order valence-electron chi connectivity index (χ1n) is 15.6. The molecular weight excluding hydrogens is 540 g/mol. The average molecular weight is 587 g/mol. The first kappa shape index (κ1) is 33.3. The largest absolute Gasteiger partial charge is 0.497 e. The van der Waals surface area contributed by atoms with Crippen LogP contribution in [0.15, 0.2) is 83.0 Å². The molecule has 0 saturated heterocycles. The number of unbranched alkanes of at least 4 members (excludes halogenated alkanes) is 11. The fourth-order valence-corrected chi connectivity index (χ4v) is 4.54. The highest BCUT2D eigenvalue weighted by Crippen LogP contribution is 2.21. The minimum atomic E-state index is -0.436. The molecule has 3 rings (SSSR count). The van der Waals surface area contributed by atoms with Crippen molar-refractivity contribution >= 4 is 23.2 Å². The van der Waals surface area contributed by atoms with Crippen molar-refractivity contribution in [1.82, 2.24) is 10.9 Å². The number of hydrogen-bond donors (Lipinski definition) is 2. The molecule has 8 nitrogen and oxygen atoms in total. The second-order valence-corrected chi connectivity index (χ2v) is 10.6. The summed E-state index contributed by atoms with van der Waals surface area (Å²) in [6.07, 6.45) is 15.7. The first-order valence-corrected chi connectivity index (χ1v) is 15.6. The van der Waals surface area contributed by atoms with Crippen LogP contribution in [0.3, 0.4) is 0 Å². The Hall–Kier alpha value is -4.20. The number of azo groups is 1. The van der Waals surface area contributed by atoms with Crippen LogP contribution in [0.25, 0.3) is 0 Å². The third kappa shape index (κ3) is 13.1. The molecule has 0 aliphatic rings. The van der Waals surface area contributed by atoms with E-state index in [1.807, 2.05) is 0 Å². The molecular formula is C35H46N4O4. The molecule has 0 unspecified atom stereocenters. The predicted molar refractivity (Wildman–Crippen MR) is 172 cm³/mol. The van der Waals surface area contributed by atoms with Gasteiger partial charge in [-0.2, -0.15) is 10.2 Å². The summed E-state index contributed by atoms with van der Waals surface area (Å²) in [5, 5.41) is 8.35. The molecule has 0 atom stereocenters. The lowest BCUT2D eigenvalue weighted by atomic mass is 10.1. The Balaban J connectivity index is 1.28. The quantitative estimate of drug-likeness (QED) is 0.0830. The summed E-state index contributed by atoms with van der Waals surface area (Å²) in [7, 11) is 1.60. The van der Waals surface area contributed by atoms with Crippen LogP contribution < -0.4 is 20.3 Å². The fourth-order valence-electron chi connectivity index (χ4n) is 4.54. The van der Waals surface area contributed by atoms with Crippen LogP contribution in [0.4, 0.5) is 11.4 Å². The Bertz CT molecular complexity index is 1240. The molecule has 0 spiro atoms. The summed E-state index contributed by atoms with van der Waals surface area (Å²) in [6, 6.07) is 20.7. The number of carbonyl (C=O) groups excluding carboxylic acids is 2. The van der Waals surface area contributed by atoms with Crippen LogP contribution in [0, 0.1) is 0 Å². The maximum Gasteiger partial charge on any atom is 0.269 e. The zero-order valence-corrected chi connectivity index (χ0v) is 25.6. The molecule has 0 bridgehead atoms. The zero-order chi connectivity index (χ0) is 30.5. The Labute approximate surface area is 256 Å². The number of benzene rings is 3. The summed E-state index contributed by atoms with van der Waals surface area (Å²) in [5.41, 5.74) is 6.98. The van der Waals surface area contributed by atoms with Gasteiger partial charge in [-0.05, 0) is 79.2 Å². The van der Waals surface area contributed by atoms with Gasteiger partial charge in [-0.1, -0.05) is 77.6 Å². The number of hydrogen-bond acceptors (Lipinski definition) is 6. The van der Waals surface area contributed by atoms with E-state index in [9.17, 15) is 9.59 Å². The SMILES string of the molecule is CCCCCCCCCCCCCCOc1ccc(C(=O)NNC(=O)c2ccc(N=Nc3ccc(OC)cc3)cc2)cc1. The molecule has 2 N–H and O–H groups in total. The average Bonchev–Trinajstić information content (AvgIpc) is 3.05. The van der Waals surface area contributed by atoms with Crippen molar-refractivity contribution in [3.05, 3.63) is 83.9 Å². The number of rotatable bonds is 19. The molecule has 3 aromatic rings. The number of carbonyl (C=O) groups is 2. The Kier molecular flexibility index (Phi) is 15.4. The summed E-state index contributed by atoms with van der Waals surface area (Å²) in [6.45, 7) is 2.93. The molecule has 3 aromatic carbocycles. The second-order valence-electron chi connectivity index (χ2n) is 10.6. The lowest BCUT2D eigenvalue weighted by molar-refractivity contribution is 0.0846. The molecule has 2 amide bonds. The lowest BCUT2D eigenvalue weighted by Gasteiger charge is -2.09. The van der Waals surface area contributed by atoms with Crippen molar-refractivity contribution in [1.29, 1.82) is 0 Å². The van der Waals surface area contributed by atoms with Crippen LogP contribution in [-0.4, -0.2) is 25.5 Å². The number of ether oxygens (including phenoxy) is 2. The Morgan fingerprint density at radius 1 is 0.558 bits per heavy atom. The van der Waals surface area contributed by atoms with Gasteiger partial charge in [0.2, 0.25) is 0 Å². The van der Waals surface area contributed by atoms with Gasteiger partial charge in [-0.25, -0.2) is 0 Å². The molecule has 0 saturated carbocycles. The Morgan fingerprint density at radius 3 is 1.42 bits per heavy atom. The van der Waals surface area contributed by atoms with Gasteiger partial charge >= 0.3 is 0 Å². The summed E-state index contributed by atoms with van der Waals surface area (Å²) >= 11 is 0. The molecule has 0 heterocycles.